The third-order valence-electron chi connectivity index (χ3n) is 3.35. The lowest BCUT2D eigenvalue weighted by Crippen LogP contribution is -2.12. The number of carboxylic acid groups (broad SMARTS) is 1. The van der Waals surface area contributed by atoms with Crippen LogP contribution in [-0.4, -0.2) is 16.2 Å². The van der Waals surface area contributed by atoms with Crippen LogP contribution in [0.4, 0.5) is 0 Å². The largest absolute Gasteiger partial charge is 0.477 e. The van der Waals surface area contributed by atoms with Gasteiger partial charge in [-0.1, -0.05) is 37.3 Å². The number of carboxylic acids is 1. The highest BCUT2D eigenvalue weighted by atomic mass is 16.5. The Balaban J connectivity index is 2.11. The van der Waals surface area contributed by atoms with Crippen molar-refractivity contribution in [3.05, 3.63) is 17.0 Å². The second-order valence-corrected chi connectivity index (χ2v) is 4.57. The third-order valence-corrected chi connectivity index (χ3v) is 3.35. The van der Waals surface area contributed by atoms with Gasteiger partial charge in [-0.15, -0.1) is 0 Å². The maximum Gasteiger partial charge on any atom is 0.341 e. The van der Waals surface area contributed by atoms with Crippen molar-refractivity contribution in [3.8, 4) is 0 Å². The molecule has 4 nitrogen and oxygen atoms in total. The van der Waals surface area contributed by atoms with E-state index in [1.54, 1.807) is 6.92 Å². The summed E-state index contributed by atoms with van der Waals surface area (Å²) in [6.07, 6.45) is 6.93. The minimum Gasteiger partial charge on any atom is -0.477 e. The molecule has 1 heterocycles. The minimum absolute atomic E-state index is 0.269. The van der Waals surface area contributed by atoms with Crippen LogP contribution in [0.5, 0.6) is 0 Å². The average Bonchev–Trinajstić information content (AvgIpc) is 2.61. The van der Waals surface area contributed by atoms with Gasteiger partial charge in [-0.25, -0.2) is 4.79 Å². The summed E-state index contributed by atoms with van der Waals surface area (Å²) in [6.45, 7) is 1.65. The predicted molar refractivity (Wildman–Crippen MR) is 58.5 cm³/mol. The Bertz CT molecular complexity index is 378. The van der Waals surface area contributed by atoms with E-state index in [-0.39, 0.29) is 5.56 Å². The Morgan fingerprint density at radius 2 is 2.12 bits per heavy atom. The quantitative estimate of drug-likeness (QED) is 0.855. The van der Waals surface area contributed by atoms with Crippen LogP contribution >= 0.6 is 0 Å². The molecule has 0 unspecified atom stereocenters. The topological polar surface area (TPSA) is 63.3 Å². The summed E-state index contributed by atoms with van der Waals surface area (Å²) >= 11 is 0. The highest BCUT2D eigenvalue weighted by molar-refractivity contribution is 5.89. The highest BCUT2D eigenvalue weighted by Gasteiger charge is 2.23. The van der Waals surface area contributed by atoms with Crippen molar-refractivity contribution in [2.45, 2.75) is 45.4 Å². The molecule has 1 saturated carbocycles. The number of nitrogens with zero attached hydrogens (tertiary/aromatic N) is 1. The summed E-state index contributed by atoms with van der Waals surface area (Å²) in [7, 11) is 0. The lowest BCUT2D eigenvalue weighted by molar-refractivity contribution is 0.0693. The molecule has 0 atom stereocenters. The normalized spacial score (nSPS) is 17.6. The van der Waals surface area contributed by atoms with E-state index in [0.29, 0.717) is 17.4 Å². The molecular formula is C12H17NO3. The summed E-state index contributed by atoms with van der Waals surface area (Å²) in [5.41, 5.74) is 0.891. The van der Waals surface area contributed by atoms with E-state index in [1.807, 2.05) is 0 Å². The fraction of sp³-hybridized carbons (Fsp3) is 0.667. The van der Waals surface area contributed by atoms with Crippen LogP contribution in [0.3, 0.4) is 0 Å². The molecule has 0 aliphatic heterocycles. The number of rotatable bonds is 3. The molecule has 0 bridgehead atoms. The summed E-state index contributed by atoms with van der Waals surface area (Å²) in [4.78, 5) is 11.0. The number of carbonyl (C=O) groups is 1. The molecule has 1 aromatic heterocycles. The summed E-state index contributed by atoms with van der Waals surface area (Å²) in [5.74, 6) is 0.0687. The second kappa shape index (κ2) is 4.68. The lowest BCUT2D eigenvalue weighted by atomic mass is 9.85. The van der Waals surface area contributed by atoms with Gasteiger partial charge in [-0.05, 0) is 19.3 Å². The maximum absolute atomic E-state index is 11.0. The second-order valence-electron chi connectivity index (χ2n) is 4.57. The molecule has 1 fully saturated rings. The van der Waals surface area contributed by atoms with Gasteiger partial charge < -0.3 is 9.63 Å². The fourth-order valence-electron chi connectivity index (χ4n) is 2.50. The van der Waals surface area contributed by atoms with Crippen LogP contribution in [0.15, 0.2) is 4.52 Å². The smallest absolute Gasteiger partial charge is 0.341 e. The molecule has 1 N–H and O–H groups in total. The zero-order valence-electron chi connectivity index (χ0n) is 9.53. The van der Waals surface area contributed by atoms with Gasteiger partial charge in [0.15, 0.2) is 0 Å². The number of hydrogen-bond donors (Lipinski definition) is 1. The van der Waals surface area contributed by atoms with Gasteiger partial charge in [-0.2, -0.15) is 0 Å². The van der Waals surface area contributed by atoms with Crippen LogP contribution in [0.2, 0.25) is 0 Å². The van der Waals surface area contributed by atoms with Crippen molar-refractivity contribution >= 4 is 5.97 Å². The first-order chi connectivity index (χ1) is 7.68. The van der Waals surface area contributed by atoms with Crippen molar-refractivity contribution in [3.63, 3.8) is 0 Å². The van der Waals surface area contributed by atoms with Gasteiger partial charge >= 0.3 is 5.97 Å². The van der Waals surface area contributed by atoms with Crippen LogP contribution < -0.4 is 0 Å². The van der Waals surface area contributed by atoms with Gasteiger partial charge in [0.25, 0.3) is 0 Å². The van der Waals surface area contributed by atoms with Crippen LogP contribution in [-0.2, 0) is 6.42 Å². The van der Waals surface area contributed by atoms with E-state index in [0.717, 1.165) is 6.42 Å². The molecule has 0 saturated heterocycles. The molecule has 4 heteroatoms. The van der Waals surface area contributed by atoms with E-state index in [2.05, 4.69) is 5.16 Å². The molecule has 1 aliphatic carbocycles. The lowest BCUT2D eigenvalue weighted by Gasteiger charge is -2.20. The standard InChI is InChI=1S/C12H17NO3/c1-8-11(12(14)15)10(13-16-8)7-9-5-3-2-4-6-9/h9H,2-7H2,1H3,(H,14,15). The third kappa shape index (κ3) is 2.26. The van der Waals surface area contributed by atoms with Crippen molar-refractivity contribution < 1.29 is 14.4 Å². The molecule has 0 radical (unpaired) electrons. The van der Waals surface area contributed by atoms with Gasteiger partial charge in [0.2, 0.25) is 0 Å². The van der Waals surface area contributed by atoms with Crippen LogP contribution in [0.1, 0.15) is 53.9 Å². The fourth-order valence-corrected chi connectivity index (χ4v) is 2.50. The Labute approximate surface area is 94.6 Å². The Kier molecular flexibility index (Phi) is 3.27. The zero-order valence-corrected chi connectivity index (χ0v) is 9.53. The molecule has 0 spiro atoms. The first-order valence-electron chi connectivity index (χ1n) is 5.87. The van der Waals surface area contributed by atoms with E-state index in [9.17, 15) is 4.79 Å². The average molecular weight is 223 g/mol. The van der Waals surface area contributed by atoms with Gasteiger partial charge in [0, 0.05) is 0 Å². The van der Waals surface area contributed by atoms with Crippen LogP contribution in [0, 0.1) is 12.8 Å². The highest BCUT2D eigenvalue weighted by Crippen LogP contribution is 2.28. The Hall–Kier alpha value is -1.32. The summed E-state index contributed by atoms with van der Waals surface area (Å²) < 4.78 is 4.97. The predicted octanol–water partition coefficient (Wildman–Crippen LogP) is 2.80. The summed E-state index contributed by atoms with van der Waals surface area (Å²) in [6, 6.07) is 0. The van der Waals surface area contributed by atoms with Crippen molar-refractivity contribution in [1.82, 2.24) is 5.16 Å². The Morgan fingerprint density at radius 3 is 2.75 bits per heavy atom. The molecule has 1 aliphatic rings. The zero-order chi connectivity index (χ0) is 11.5. The monoisotopic (exact) mass is 223 g/mol. The molecule has 0 amide bonds. The first kappa shape index (κ1) is 11.2. The minimum atomic E-state index is -0.926. The van der Waals surface area contributed by atoms with Crippen molar-refractivity contribution in [2.75, 3.05) is 0 Å². The van der Waals surface area contributed by atoms with E-state index >= 15 is 0 Å². The number of aromatic carboxylic acids is 1. The van der Waals surface area contributed by atoms with Crippen LogP contribution in [0.25, 0.3) is 0 Å². The molecule has 2 rings (SSSR count). The number of hydrogen-bond acceptors (Lipinski definition) is 3. The molecule has 1 aromatic rings. The van der Waals surface area contributed by atoms with Crippen molar-refractivity contribution in [2.24, 2.45) is 5.92 Å². The van der Waals surface area contributed by atoms with E-state index in [4.69, 9.17) is 9.63 Å². The van der Waals surface area contributed by atoms with E-state index < -0.39 is 5.97 Å². The molecule has 0 aromatic carbocycles. The summed E-state index contributed by atoms with van der Waals surface area (Å²) in [5, 5.41) is 12.9. The maximum atomic E-state index is 11.0. The van der Waals surface area contributed by atoms with Gasteiger partial charge in [-0.3, -0.25) is 0 Å². The molecular weight excluding hydrogens is 206 g/mol. The molecule has 16 heavy (non-hydrogen) atoms. The molecule has 88 valence electrons. The number of aromatic nitrogens is 1. The van der Waals surface area contributed by atoms with Crippen molar-refractivity contribution in [1.29, 1.82) is 0 Å². The number of aryl methyl sites for hydroxylation is 1. The van der Waals surface area contributed by atoms with Gasteiger partial charge in [0.05, 0.1) is 5.69 Å². The Morgan fingerprint density at radius 1 is 1.44 bits per heavy atom. The van der Waals surface area contributed by atoms with E-state index in [1.165, 1.54) is 32.1 Å². The SMILES string of the molecule is Cc1onc(CC2CCCCC2)c1C(=O)O. The first-order valence-corrected chi connectivity index (χ1v) is 5.87. The van der Waals surface area contributed by atoms with Gasteiger partial charge in [0.1, 0.15) is 11.3 Å².